The van der Waals surface area contributed by atoms with Gasteiger partial charge in [-0.3, -0.25) is 4.79 Å². The molecule has 0 unspecified atom stereocenters. The van der Waals surface area contributed by atoms with Crippen LogP contribution in [0.1, 0.15) is 28.7 Å². The number of tetrazole rings is 1. The number of nitrogens with zero attached hydrogens (tertiary/aromatic N) is 4. The normalized spacial score (nSPS) is 10.6. The Morgan fingerprint density at radius 3 is 2.81 bits per heavy atom. The molecule has 0 fully saturated rings. The van der Waals surface area contributed by atoms with Crippen LogP contribution in [0, 0.1) is 0 Å². The largest absolute Gasteiger partial charge is 0.486 e. The van der Waals surface area contributed by atoms with E-state index in [1.165, 1.54) is 0 Å². The summed E-state index contributed by atoms with van der Waals surface area (Å²) >= 11 is 0. The molecule has 8 heteroatoms. The second-order valence-electron chi connectivity index (χ2n) is 5.81. The standard InChI is InChI=1S/C19H21N5O3/c1-3-24-18(21-22-23-24)13-27-17-9-5-7-15(11-17)19(25)20-16-8-4-6-14(10-16)12-26-2/h4-11H,3,12-13H2,1-2H3,(H,20,25). The molecule has 1 N–H and O–H groups in total. The van der Waals surface area contributed by atoms with Crippen LogP contribution in [0.3, 0.4) is 0 Å². The molecule has 0 aliphatic rings. The van der Waals surface area contributed by atoms with Crippen LogP contribution in [0.25, 0.3) is 0 Å². The molecule has 1 heterocycles. The van der Waals surface area contributed by atoms with Gasteiger partial charge in [-0.25, -0.2) is 4.68 Å². The molecule has 3 rings (SSSR count). The minimum Gasteiger partial charge on any atom is -0.486 e. The van der Waals surface area contributed by atoms with E-state index < -0.39 is 0 Å². The van der Waals surface area contributed by atoms with Crippen molar-refractivity contribution in [2.45, 2.75) is 26.7 Å². The Balaban J connectivity index is 1.65. The highest BCUT2D eigenvalue weighted by molar-refractivity contribution is 6.04. The van der Waals surface area contributed by atoms with Gasteiger partial charge in [0.05, 0.1) is 6.61 Å². The number of benzene rings is 2. The summed E-state index contributed by atoms with van der Waals surface area (Å²) in [5.41, 5.74) is 2.20. The second kappa shape index (κ2) is 8.91. The Kier molecular flexibility index (Phi) is 6.11. The summed E-state index contributed by atoms with van der Waals surface area (Å²) in [5, 5.41) is 14.3. The lowest BCUT2D eigenvalue weighted by Gasteiger charge is -2.09. The van der Waals surface area contributed by atoms with Crippen LogP contribution in [-0.4, -0.2) is 33.2 Å². The number of anilines is 1. The van der Waals surface area contributed by atoms with Crippen molar-refractivity contribution < 1.29 is 14.3 Å². The van der Waals surface area contributed by atoms with E-state index in [4.69, 9.17) is 9.47 Å². The van der Waals surface area contributed by atoms with E-state index in [-0.39, 0.29) is 12.5 Å². The van der Waals surface area contributed by atoms with Crippen molar-refractivity contribution in [2.24, 2.45) is 0 Å². The molecule has 0 atom stereocenters. The van der Waals surface area contributed by atoms with Gasteiger partial charge in [0.15, 0.2) is 5.82 Å². The fourth-order valence-electron chi connectivity index (χ4n) is 2.56. The predicted octanol–water partition coefficient (Wildman–Crippen LogP) is 2.67. The first kappa shape index (κ1) is 18.5. The van der Waals surface area contributed by atoms with Crippen LogP contribution in [0.4, 0.5) is 5.69 Å². The zero-order valence-corrected chi connectivity index (χ0v) is 15.3. The number of rotatable bonds is 8. The van der Waals surface area contributed by atoms with Crippen LogP contribution < -0.4 is 10.1 Å². The number of carbonyl (C=O) groups is 1. The average Bonchev–Trinajstić information content (AvgIpc) is 3.15. The molecule has 2 aromatic carbocycles. The molecular weight excluding hydrogens is 346 g/mol. The molecule has 1 aromatic heterocycles. The molecule has 8 nitrogen and oxygen atoms in total. The van der Waals surface area contributed by atoms with Crippen molar-refractivity contribution in [3.63, 3.8) is 0 Å². The Bertz CT molecular complexity index is 910. The lowest BCUT2D eigenvalue weighted by molar-refractivity contribution is 0.102. The number of amides is 1. The van der Waals surface area contributed by atoms with Gasteiger partial charge in [0.1, 0.15) is 12.4 Å². The monoisotopic (exact) mass is 367 g/mol. The third-order valence-electron chi connectivity index (χ3n) is 3.87. The number of nitrogens with one attached hydrogen (secondary N) is 1. The highest BCUT2D eigenvalue weighted by Gasteiger charge is 2.09. The van der Waals surface area contributed by atoms with Gasteiger partial charge in [-0.1, -0.05) is 18.2 Å². The fourth-order valence-corrected chi connectivity index (χ4v) is 2.56. The first-order chi connectivity index (χ1) is 13.2. The maximum Gasteiger partial charge on any atom is 0.255 e. The summed E-state index contributed by atoms with van der Waals surface area (Å²) in [6, 6.07) is 14.5. The summed E-state index contributed by atoms with van der Waals surface area (Å²) in [4.78, 5) is 12.5. The highest BCUT2D eigenvalue weighted by atomic mass is 16.5. The fraction of sp³-hybridized carbons (Fsp3) is 0.263. The quantitative estimate of drug-likeness (QED) is 0.658. The number of ether oxygens (including phenoxy) is 2. The summed E-state index contributed by atoms with van der Waals surface area (Å²) in [6.07, 6.45) is 0. The summed E-state index contributed by atoms with van der Waals surface area (Å²) < 4.78 is 12.5. The van der Waals surface area contributed by atoms with E-state index in [9.17, 15) is 4.79 Å². The van der Waals surface area contributed by atoms with Crippen LogP contribution >= 0.6 is 0 Å². The third-order valence-corrected chi connectivity index (χ3v) is 3.87. The van der Waals surface area contributed by atoms with Gasteiger partial charge in [-0.15, -0.1) is 5.10 Å². The van der Waals surface area contributed by atoms with E-state index in [2.05, 4.69) is 20.8 Å². The van der Waals surface area contributed by atoms with Gasteiger partial charge >= 0.3 is 0 Å². The van der Waals surface area contributed by atoms with Crippen LogP contribution in [-0.2, 0) is 24.5 Å². The SMILES string of the molecule is CCn1nnnc1COc1cccc(C(=O)Nc2cccc(COC)c2)c1. The molecule has 0 aliphatic carbocycles. The van der Waals surface area contributed by atoms with E-state index in [0.717, 1.165) is 5.56 Å². The first-order valence-electron chi connectivity index (χ1n) is 8.56. The van der Waals surface area contributed by atoms with Gasteiger partial charge in [-0.2, -0.15) is 0 Å². The van der Waals surface area contributed by atoms with Crippen LogP contribution in [0.15, 0.2) is 48.5 Å². The third kappa shape index (κ3) is 4.89. The minimum atomic E-state index is -0.214. The van der Waals surface area contributed by atoms with Crippen molar-refractivity contribution >= 4 is 11.6 Å². The van der Waals surface area contributed by atoms with Crippen molar-refractivity contribution in [1.82, 2.24) is 20.2 Å². The molecule has 0 saturated carbocycles. The predicted molar refractivity (Wildman–Crippen MR) is 99.4 cm³/mol. The molecule has 0 saturated heterocycles. The molecule has 3 aromatic rings. The van der Waals surface area contributed by atoms with Crippen molar-refractivity contribution in [2.75, 3.05) is 12.4 Å². The molecular formula is C19H21N5O3. The van der Waals surface area contributed by atoms with E-state index in [1.54, 1.807) is 36.1 Å². The Labute approximate surface area is 157 Å². The number of carbonyl (C=O) groups excluding carboxylic acids is 1. The topological polar surface area (TPSA) is 91.2 Å². The zero-order chi connectivity index (χ0) is 19.1. The Morgan fingerprint density at radius 2 is 2.00 bits per heavy atom. The number of hydrogen-bond donors (Lipinski definition) is 1. The maximum atomic E-state index is 12.5. The molecule has 1 amide bonds. The summed E-state index contributed by atoms with van der Waals surface area (Å²) in [7, 11) is 1.63. The summed E-state index contributed by atoms with van der Waals surface area (Å²) in [6.45, 7) is 3.33. The average molecular weight is 367 g/mol. The number of aryl methyl sites for hydroxylation is 1. The van der Waals surface area contributed by atoms with E-state index in [1.807, 2.05) is 31.2 Å². The highest BCUT2D eigenvalue weighted by Crippen LogP contribution is 2.17. The lowest BCUT2D eigenvalue weighted by atomic mass is 10.1. The molecule has 0 aliphatic heterocycles. The number of hydrogen-bond acceptors (Lipinski definition) is 6. The molecule has 0 radical (unpaired) electrons. The van der Waals surface area contributed by atoms with Crippen molar-refractivity contribution in [1.29, 1.82) is 0 Å². The molecule has 140 valence electrons. The molecule has 0 spiro atoms. The van der Waals surface area contributed by atoms with Crippen molar-refractivity contribution in [3.05, 3.63) is 65.5 Å². The smallest absolute Gasteiger partial charge is 0.255 e. The number of aromatic nitrogens is 4. The minimum absolute atomic E-state index is 0.214. The Morgan fingerprint density at radius 1 is 1.15 bits per heavy atom. The van der Waals surface area contributed by atoms with Gasteiger partial charge < -0.3 is 14.8 Å². The van der Waals surface area contributed by atoms with E-state index >= 15 is 0 Å². The first-order valence-corrected chi connectivity index (χ1v) is 8.56. The lowest BCUT2D eigenvalue weighted by Crippen LogP contribution is -2.12. The van der Waals surface area contributed by atoms with Gasteiger partial charge in [0.25, 0.3) is 5.91 Å². The second-order valence-corrected chi connectivity index (χ2v) is 5.81. The van der Waals surface area contributed by atoms with Gasteiger partial charge in [0, 0.05) is 24.9 Å². The Hall–Kier alpha value is -3.26. The van der Waals surface area contributed by atoms with Crippen LogP contribution in [0.5, 0.6) is 5.75 Å². The van der Waals surface area contributed by atoms with Gasteiger partial charge in [-0.05, 0) is 53.2 Å². The molecule has 0 bridgehead atoms. The maximum absolute atomic E-state index is 12.5. The van der Waals surface area contributed by atoms with Crippen LogP contribution in [0.2, 0.25) is 0 Å². The number of methoxy groups -OCH3 is 1. The van der Waals surface area contributed by atoms with E-state index in [0.29, 0.717) is 36.0 Å². The summed E-state index contributed by atoms with van der Waals surface area (Å²) in [5.74, 6) is 0.983. The zero-order valence-electron chi connectivity index (χ0n) is 15.3. The molecule has 27 heavy (non-hydrogen) atoms. The van der Waals surface area contributed by atoms with Crippen molar-refractivity contribution in [3.8, 4) is 5.75 Å². The van der Waals surface area contributed by atoms with Gasteiger partial charge in [0.2, 0.25) is 0 Å².